The molecule has 0 saturated heterocycles. The topological polar surface area (TPSA) is 111 Å². The number of hydrogen-bond donors (Lipinski definition) is 2. The number of tetrazole rings is 1. The van der Waals surface area contributed by atoms with Crippen molar-refractivity contribution in [1.82, 2.24) is 25.4 Å². The molecular weight excluding hydrogens is 374 g/mol. The molecule has 0 aliphatic carbocycles. The van der Waals surface area contributed by atoms with Crippen LogP contribution in [0.25, 0.3) is 5.65 Å². The molecule has 0 bridgehead atoms. The van der Waals surface area contributed by atoms with Gasteiger partial charge < -0.3 is 19.9 Å². The Kier molecular flexibility index (Phi) is 5.68. The van der Waals surface area contributed by atoms with Crippen LogP contribution >= 0.6 is 0 Å². The van der Waals surface area contributed by atoms with Gasteiger partial charge in [0.15, 0.2) is 5.65 Å². The highest BCUT2D eigenvalue weighted by Crippen LogP contribution is 2.28. The Labute approximate surface area is 167 Å². The molecule has 0 spiro atoms. The normalized spacial score (nSPS) is 16.8. The van der Waals surface area contributed by atoms with Gasteiger partial charge >= 0.3 is 5.97 Å². The van der Waals surface area contributed by atoms with E-state index < -0.39 is 6.10 Å². The first-order chi connectivity index (χ1) is 14.1. The lowest BCUT2D eigenvalue weighted by atomic mass is 10.00. The summed E-state index contributed by atoms with van der Waals surface area (Å²) in [5.41, 5.74) is 2.93. The molecule has 2 atom stereocenters. The van der Waals surface area contributed by atoms with Gasteiger partial charge in [0.05, 0.1) is 18.3 Å². The van der Waals surface area contributed by atoms with E-state index in [1.54, 1.807) is 25.3 Å². The van der Waals surface area contributed by atoms with Gasteiger partial charge in [-0.25, -0.2) is 9.31 Å². The molecule has 0 amide bonds. The molecule has 2 aromatic heterocycles. The van der Waals surface area contributed by atoms with Crippen molar-refractivity contribution in [2.45, 2.75) is 32.0 Å². The number of aryl methyl sites for hydroxylation is 1. The average Bonchev–Trinajstić information content (AvgIpc) is 3.21. The fourth-order valence-electron chi connectivity index (χ4n) is 3.38. The fourth-order valence-corrected chi connectivity index (χ4v) is 3.38. The van der Waals surface area contributed by atoms with Crippen molar-refractivity contribution in [2.75, 3.05) is 19.7 Å². The van der Waals surface area contributed by atoms with E-state index >= 15 is 0 Å². The van der Waals surface area contributed by atoms with Crippen molar-refractivity contribution in [1.29, 1.82) is 0 Å². The van der Waals surface area contributed by atoms with Crippen LogP contribution in [0.5, 0.6) is 5.75 Å². The standard InChI is InChI=1S/C20H23N5O4/c1-2-28-20(27)14-4-7-18-13(9-14)3-6-16(29-18)10-21-11-17(26)15-5-8-19-22-23-24-25(19)12-15/h4-5,7-9,12,16-17,21,26H,2-3,6,10-11H2,1H3. The molecule has 1 aliphatic heterocycles. The van der Waals surface area contributed by atoms with Crippen LogP contribution in [0.3, 0.4) is 0 Å². The van der Waals surface area contributed by atoms with E-state index in [4.69, 9.17) is 9.47 Å². The van der Waals surface area contributed by atoms with Gasteiger partial charge in [0.25, 0.3) is 0 Å². The molecule has 2 unspecified atom stereocenters. The smallest absolute Gasteiger partial charge is 0.338 e. The third kappa shape index (κ3) is 4.36. The number of benzene rings is 1. The first kappa shape index (κ1) is 19.3. The number of nitrogens with one attached hydrogen (secondary N) is 1. The minimum Gasteiger partial charge on any atom is -0.489 e. The zero-order chi connectivity index (χ0) is 20.2. The lowest BCUT2D eigenvalue weighted by Crippen LogP contribution is -2.36. The second kappa shape index (κ2) is 8.54. The fraction of sp³-hybridized carbons (Fsp3) is 0.400. The second-order valence-corrected chi connectivity index (χ2v) is 6.94. The minimum absolute atomic E-state index is 0.00476. The Hall–Kier alpha value is -3.04. The van der Waals surface area contributed by atoms with Crippen molar-refractivity contribution in [3.63, 3.8) is 0 Å². The Bertz CT molecular complexity index is 1010. The zero-order valence-corrected chi connectivity index (χ0v) is 16.1. The number of esters is 1. The summed E-state index contributed by atoms with van der Waals surface area (Å²) in [5.74, 6) is 0.480. The van der Waals surface area contributed by atoms with Crippen molar-refractivity contribution in [3.8, 4) is 5.75 Å². The van der Waals surface area contributed by atoms with Gasteiger partial charge in [-0.15, -0.1) is 5.10 Å². The minimum atomic E-state index is -0.674. The van der Waals surface area contributed by atoms with Crippen LogP contribution in [-0.2, 0) is 11.2 Å². The molecule has 0 saturated carbocycles. The Morgan fingerprint density at radius 2 is 2.31 bits per heavy atom. The maximum absolute atomic E-state index is 11.9. The number of nitrogens with zero attached hydrogens (tertiary/aromatic N) is 4. The molecule has 0 fully saturated rings. The van der Waals surface area contributed by atoms with E-state index in [1.807, 2.05) is 18.2 Å². The van der Waals surface area contributed by atoms with Gasteiger partial charge in [0.1, 0.15) is 11.9 Å². The molecule has 152 valence electrons. The molecule has 1 aliphatic rings. The number of carbonyl (C=O) groups is 1. The Balaban J connectivity index is 1.29. The van der Waals surface area contributed by atoms with Gasteiger partial charge in [-0.2, -0.15) is 0 Å². The van der Waals surface area contributed by atoms with E-state index in [2.05, 4.69) is 20.8 Å². The number of rotatable bonds is 7. The quantitative estimate of drug-likeness (QED) is 0.574. The zero-order valence-electron chi connectivity index (χ0n) is 16.1. The number of aromatic nitrogens is 4. The van der Waals surface area contributed by atoms with Gasteiger partial charge in [-0.05, 0) is 60.0 Å². The molecule has 2 N–H and O–H groups in total. The van der Waals surface area contributed by atoms with Crippen LogP contribution in [0.2, 0.25) is 0 Å². The summed E-state index contributed by atoms with van der Waals surface area (Å²) >= 11 is 0. The summed E-state index contributed by atoms with van der Waals surface area (Å²) in [6, 6.07) is 8.97. The van der Waals surface area contributed by atoms with E-state index in [0.717, 1.165) is 29.7 Å². The highest BCUT2D eigenvalue weighted by molar-refractivity contribution is 5.89. The van der Waals surface area contributed by atoms with Gasteiger partial charge in [0.2, 0.25) is 0 Å². The molecule has 4 rings (SSSR count). The maximum atomic E-state index is 11.9. The molecule has 29 heavy (non-hydrogen) atoms. The number of aliphatic hydroxyl groups is 1. The summed E-state index contributed by atoms with van der Waals surface area (Å²) in [7, 11) is 0. The van der Waals surface area contributed by atoms with Gasteiger partial charge in [-0.1, -0.05) is 6.07 Å². The summed E-state index contributed by atoms with van der Waals surface area (Å²) in [6.07, 6.45) is 2.71. The molecule has 3 aromatic rings. The van der Waals surface area contributed by atoms with Crippen LogP contribution in [0, 0.1) is 0 Å². The molecular formula is C20H23N5O4. The van der Waals surface area contributed by atoms with Crippen LogP contribution in [0.4, 0.5) is 0 Å². The summed E-state index contributed by atoms with van der Waals surface area (Å²) < 4.78 is 12.6. The van der Waals surface area contributed by atoms with Crippen LogP contribution < -0.4 is 10.1 Å². The third-order valence-corrected chi connectivity index (χ3v) is 4.91. The molecule has 3 heterocycles. The molecule has 9 heteroatoms. The lowest BCUT2D eigenvalue weighted by Gasteiger charge is -2.27. The SMILES string of the molecule is CCOC(=O)c1ccc2c(c1)CCC(CNCC(O)c1ccc3nnnn3c1)O2. The monoisotopic (exact) mass is 397 g/mol. The first-order valence-corrected chi connectivity index (χ1v) is 9.67. The molecule has 9 nitrogen and oxygen atoms in total. The summed E-state index contributed by atoms with van der Waals surface area (Å²) in [6.45, 7) is 3.15. The van der Waals surface area contributed by atoms with E-state index in [1.165, 1.54) is 4.52 Å². The second-order valence-electron chi connectivity index (χ2n) is 6.94. The highest BCUT2D eigenvalue weighted by atomic mass is 16.5. The Morgan fingerprint density at radius 3 is 3.17 bits per heavy atom. The summed E-state index contributed by atoms with van der Waals surface area (Å²) in [4.78, 5) is 11.9. The predicted octanol–water partition coefficient (Wildman–Crippen LogP) is 1.32. The molecule has 0 radical (unpaired) electrons. The molecule has 1 aromatic carbocycles. The van der Waals surface area contributed by atoms with Crippen molar-refractivity contribution < 1.29 is 19.4 Å². The van der Waals surface area contributed by atoms with E-state index in [-0.39, 0.29) is 12.1 Å². The summed E-state index contributed by atoms with van der Waals surface area (Å²) in [5, 5.41) is 24.9. The van der Waals surface area contributed by atoms with E-state index in [9.17, 15) is 9.90 Å². The Morgan fingerprint density at radius 1 is 1.41 bits per heavy atom. The van der Waals surface area contributed by atoms with Crippen molar-refractivity contribution >= 4 is 11.6 Å². The van der Waals surface area contributed by atoms with Crippen LogP contribution in [-0.4, -0.2) is 56.9 Å². The number of hydrogen-bond acceptors (Lipinski definition) is 8. The highest BCUT2D eigenvalue weighted by Gasteiger charge is 2.21. The number of ether oxygens (including phenoxy) is 2. The average molecular weight is 397 g/mol. The number of aliphatic hydroxyl groups excluding tert-OH is 1. The van der Waals surface area contributed by atoms with Crippen LogP contribution in [0.1, 0.15) is 40.9 Å². The van der Waals surface area contributed by atoms with Crippen molar-refractivity contribution in [3.05, 3.63) is 53.2 Å². The number of carbonyl (C=O) groups excluding carboxylic acids is 1. The predicted molar refractivity (Wildman–Crippen MR) is 104 cm³/mol. The maximum Gasteiger partial charge on any atom is 0.338 e. The van der Waals surface area contributed by atoms with Gasteiger partial charge in [-0.3, -0.25) is 0 Å². The number of fused-ring (bicyclic) bond motifs is 2. The van der Waals surface area contributed by atoms with Crippen molar-refractivity contribution in [2.24, 2.45) is 0 Å². The lowest BCUT2D eigenvalue weighted by molar-refractivity contribution is 0.0526. The van der Waals surface area contributed by atoms with E-state index in [0.29, 0.717) is 30.9 Å². The van der Waals surface area contributed by atoms with Gasteiger partial charge in [0, 0.05) is 24.8 Å². The largest absolute Gasteiger partial charge is 0.489 e. The van der Waals surface area contributed by atoms with Crippen LogP contribution in [0.15, 0.2) is 36.5 Å². The third-order valence-electron chi connectivity index (χ3n) is 4.91. The number of pyridine rings is 1. The first-order valence-electron chi connectivity index (χ1n) is 9.67.